The molecule has 1 N–H and O–H groups in total. The van der Waals surface area contributed by atoms with Gasteiger partial charge in [0, 0.05) is 48.6 Å². The van der Waals surface area contributed by atoms with Crippen LogP contribution in [0.2, 0.25) is 0 Å². The van der Waals surface area contributed by atoms with E-state index in [1.165, 1.54) is 0 Å². The van der Waals surface area contributed by atoms with Crippen LogP contribution in [0.25, 0.3) is 0 Å². The molecule has 3 aliphatic rings. The minimum absolute atomic E-state index is 0.0260. The second kappa shape index (κ2) is 12.5. The standard InChI is InChI=1S/C32H36BrN3O4S/c1-3-16-34(21-22-12-7-5-8-13-22)31(40)28-32-20-24(33)27(41-32)25(26(32)30(39)36(28)18-11-19-37)29(38)35(17-4-2)23-14-9-6-10-15-23/h3-10,12-15,24-28,37H,1-2,11,16-21H2/t24?,25-,26+,27-,28?,32?/m1/s1. The van der Waals surface area contributed by atoms with E-state index in [2.05, 4.69) is 29.1 Å². The molecule has 9 heteroatoms. The van der Waals surface area contributed by atoms with Crippen LogP contribution >= 0.6 is 27.7 Å². The first-order chi connectivity index (χ1) is 19.9. The van der Waals surface area contributed by atoms with Crippen molar-refractivity contribution in [2.75, 3.05) is 31.1 Å². The first-order valence-corrected chi connectivity index (χ1v) is 15.8. The number of fused-ring (bicyclic) bond motifs is 1. The third-order valence-corrected chi connectivity index (χ3v) is 11.6. The zero-order valence-corrected chi connectivity index (χ0v) is 25.4. The maximum atomic E-state index is 14.5. The van der Waals surface area contributed by atoms with E-state index in [0.29, 0.717) is 32.5 Å². The quantitative estimate of drug-likeness (QED) is 0.278. The minimum Gasteiger partial charge on any atom is -0.396 e. The van der Waals surface area contributed by atoms with Crippen molar-refractivity contribution in [3.8, 4) is 0 Å². The van der Waals surface area contributed by atoms with Crippen molar-refractivity contribution in [3.05, 3.63) is 91.5 Å². The van der Waals surface area contributed by atoms with Gasteiger partial charge in [0.2, 0.25) is 17.7 Å². The molecule has 216 valence electrons. The van der Waals surface area contributed by atoms with Crippen molar-refractivity contribution < 1.29 is 19.5 Å². The highest BCUT2D eigenvalue weighted by molar-refractivity contribution is 9.09. The van der Waals surface area contributed by atoms with Crippen molar-refractivity contribution in [1.29, 1.82) is 0 Å². The number of halogens is 1. The summed E-state index contributed by atoms with van der Waals surface area (Å²) in [5, 5.41) is 9.52. The predicted molar refractivity (Wildman–Crippen MR) is 167 cm³/mol. The fourth-order valence-electron chi connectivity index (χ4n) is 6.78. The maximum absolute atomic E-state index is 14.5. The molecule has 3 aliphatic heterocycles. The number of nitrogens with zero attached hydrogens (tertiary/aromatic N) is 3. The highest BCUT2D eigenvalue weighted by Gasteiger charge is 2.76. The van der Waals surface area contributed by atoms with Gasteiger partial charge in [0.15, 0.2) is 0 Å². The molecule has 5 rings (SSSR count). The van der Waals surface area contributed by atoms with Crippen LogP contribution in [-0.4, -0.2) is 79.7 Å². The lowest BCUT2D eigenvalue weighted by atomic mass is 9.70. The Kier molecular flexibility index (Phi) is 9.06. The molecule has 2 aromatic rings. The summed E-state index contributed by atoms with van der Waals surface area (Å²) in [4.78, 5) is 48.2. The van der Waals surface area contributed by atoms with Gasteiger partial charge in [-0.15, -0.1) is 24.9 Å². The van der Waals surface area contributed by atoms with E-state index in [-0.39, 0.29) is 41.0 Å². The van der Waals surface area contributed by atoms with E-state index in [9.17, 15) is 19.5 Å². The van der Waals surface area contributed by atoms with Crippen molar-refractivity contribution >= 4 is 51.1 Å². The minimum atomic E-state index is -0.755. The van der Waals surface area contributed by atoms with E-state index in [4.69, 9.17) is 0 Å². The molecular formula is C32H36BrN3O4S. The first kappa shape index (κ1) is 29.6. The van der Waals surface area contributed by atoms with Gasteiger partial charge in [-0.1, -0.05) is 76.6 Å². The normalized spacial score (nSPS) is 27.9. The summed E-state index contributed by atoms with van der Waals surface area (Å²) in [7, 11) is 0. The summed E-state index contributed by atoms with van der Waals surface area (Å²) in [6.45, 7) is 8.95. The van der Waals surface area contributed by atoms with Crippen molar-refractivity contribution in [2.45, 2.75) is 40.3 Å². The average molecular weight is 639 g/mol. The highest BCUT2D eigenvalue weighted by Crippen LogP contribution is 2.68. The molecule has 3 unspecified atom stereocenters. The monoisotopic (exact) mass is 637 g/mol. The van der Waals surface area contributed by atoms with Gasteiger partial charge in [0.05, 0.1) is 16.6 Å². The number of aliphatic hydroxyl groups is 1. The van der Waals surface area contributed by atoms with Crippen molar-refractivity contribution in [2.24, 2.45) is 11.8 Å². The number of hydrogen-bond donors (Lipinski definition) is 1. The third-order valence-electron chi connectivity index (χ3n) is 8.39. The molecule has 7 nitrogen and oxygen atoms in total. The molecule has 0 aromatic heterocycles. The van der Waals surface area contributed by atoms with Crippen LogP contribution in [0.3, 0.4) is 0 Å². The number of carbonyl (C=O) groups is 3. The molecule has 3 fully saturated rings. The highest BCUT2D eigenvalue weighted by atomic mass is 79.9. The van der Waals surface area contributed by atoms with Gasteiger partial charge < -0.3 is 19.8 Å². The van der Waals surface area contributed by atoms with Crippen LogP contribution in [0.15, 0.2) is 86.0 Å². The topological polar surface area (TPSA) is 81.2 Å². The molecule has 0 radical (unpaired) electrons. The maximum Gasteiger partial charge on any atom is 0.247 e. The predicted octanol–water partition coefficient (Wildman–Crippen LogP) is 4.27. The van der Waals surface area contributed by atoms with E-state index in [1.54, 1.807) is 38.6 Å². The van der Waals surface area contributed by atoms with Gasteiger partial charge >= 0.3 is 0 Å². The Balaban J connectivity index is 1.54. The fraction of sp³-hybridized carbons (Fsp3) is 0.406. The summed E-state index contributed by atoms with van der Waals surface area (Å²) < 4.78 is -0.755. The van der Waals surface area contributed by atoms with Gasteiger partial charge in [-0.3, -0.25) is 14.4 Å². The van der Waals surface area contributed by atoms with Crippen molar-refractivity contribution in [1.82, 2.24) is 9.80 Å². The van der Waals surface area contributed by atoms with Crippen LogP contribution in [-0.2, 0) is 20.9 Å². The SMILES string of the molecule is C=CCN(Cc1ccccc1)C(=O)C1N(CCCO)C(=O)[C@@H]2[C@@H](C(=O)N(CC=C)c3ccccc3)[C@@H]3SC12CC3Br. The number of amides is 3. The smallest absolute Gasteiger partial charge is 0.247 e. The zero-order valence-electron chi connectivity index (χ0n) is 23.0. The first-order valence-electron chi connectivity index (χ1n) is 14.0. The molecule has 3 heterocycles. The number of likely N-dealkylation sites (tertiary alicyclic amines) is 1. The van der Waals surface area contributed by atoms with Crippen molar-refractivity contribution in [3.63, 3.8) is 0 Å². The van der Waals surface area contributed by atoms with Crippen LogP contribution in [0.1, 0.15) is 18.4 Å². The number of rotatable bonds is 12. The number of hydrogen-bond acceptors (Lipinski definition) is 5. The zero-order chi connectivity index (χ0) is 29.1. The summed E-state index contributed by atoms with van der Waals surface area (Å²) >= 11 is 5.47. The van der Waals surface area contributed by atoms with Gasteiger partial charge in [-0.2, -0.15) is 0 Å². The van der Waals surface area contributed by atoms with Crippen LogP contribution in [0, 0.1) is 11.8 Å². The summed E-state index contributed by atoms with van der Waals surface area (Å²) in [5.41, 5.74) is 1.74. The molecule has 3 amide bonds. The van der Waals surface area contributed by atoms with E-state index in [1.807, 2.05) is 60.7 Å². The Morgan fingerprint density at radius 2 is 1.71 bits per heavy atom. The Morgan fingerprint density at radius 3 is 2.34 bits per heavy atom. The van der Waals surface area contributed by atoms with Gasteiger partial charge in [0.25, 0.3) is 0 Å². The number of para-hydroxylation sites is 1. The number of carbonyl (C=O) groups excluding carboxylic acids is 3. The summed E-state index contributed by atoms with van der Waals surface area (Å²) in [6, 6.07) is 18.5. The molecular weight excluding hydrogens is 602 g/mol. The lowest BCUT2D eigenvalue weighted by Crippen LogP contribution is -2.55. The number of alkyl halides is 1. The third kappa shape index (κ3) is 5.28. The van der Waals surface area contributed by atoms with E-state index in [0.717, 1.165) is 11.3 Å². The molecule has 0 saturated carbocycles. The van der Waals surface area contributed by atoms with Gasteiger partial charge in [0.1, 0.15) is 6.04 Å². The second-order valence-corrected chi connectivity index (χ2v) is 13.6. The summed E-state index contributed by atoms with van der Waals surface area (Å²) in [6.07, 6.45) is 4.36. The van der Waals surface area contributed by atoms with Gasteiger partial charge in [-0.05, 0) is 30.5 Å². The van der Waals surface area contributed by atoms with E-state index >= 15 is 0 Å². The molecule has 1 spiro atoms. The Hall–Kier alpha value is -2.88. The van der Waals surface area contributed by atoms with Crippen LogP contribution in [0.4, 0.5) is 5.69 Å². The Morgan fingerprint density at radius 1 is 1.05 bits per heavy atom. The fourth-order valence-corrected chi connectivity index (χ4v) is 10.4. The number of aliphatic hydroxyl groups excluding tert-OH is 1. The van der Waals surface area contributed by atoms with Crippen LogP contribution < -0.4 is 4.90 Å². The van der Waals surface area contributed by atoms with Crippen LogP contribution in [0.5, 0.6) is 0 Å². The molecule has 2 bridgehead atoms. The second-order valence-electron chi connectivity index (χ2n) is 10.8. The van der Waals surface area contributed by atoms with E-state index < -0.39 is 22.6 Å². The number of anilines is 1. The lowest BCUT2D eigenvalue weighted by Gasteiger charge is -2.38. The van der Waals surface area contributed by atoms with Gasteiger partial charge in [-0.25, -0.2) is 0 Å². The largest absolute Gasteiger partial charge is 0.396 e. The molecule has 41 heavy (non-hydrogen) atoms. The number of benzene rings is 2. The molecule has 3 saturated heterocycles. The Bertz CT molecular complexity index is 1290. The summed E-state index contributed by atoms with van der Waals surface area (Å²) in [5.74, 6) is -1.67. The lowest BCUT2D eigenvalue weighted by molar-refractivity contribution is -0.143. The Labute approximate surface area is 254 Å². The molecule has 6 atom stereocenters. The number of thioether (sulfide) groups is 1. The molecule has 0 aliphatic carbocycles. The average Bonchev–Trinajstić information content (AvgIpc) is 3.58. The molecule has 2 aromatic carbocycles.